The van der Waals surface area contributed by atoms with Crippen molar-refractivity contribution in [2.75, 3.05) is 46.3 Å². The summed E-state index contributed by atoms with van der Waals surface area (Å²) >= 11 is 0. The lowest BCUT2D eigenvalue weighted by atomic mass is 10.5. The van der Waals surface area contributed by atoms with Crippen molar-refractivity contribution in [1.82, 2.24) is 0 Å². The normalized spacial score (nSPS) is 22.0. The lowest BCUT2D eigenvalue weighted by Crippen LogP contribution is -2.16. The van der Waals surface area contributed by atoms with Gasteiger partial charge in [0.15, 0.2) is 6.17 Å². The number of nitrogens with zero attached hydrogens (tertiary/aromatic N) is 3. The molecule has 1 rings (SSSR count). The fourth-order valence-corrected chi connectivity index (χ4v) is 11.3. The molecule has 0 radical (unpaired) electrons. The first-order valence-corrected chi connectivity index (χ1v) is 14.1. The first-order valence-electron chi connectivity index (χ1n) is 9.55. The van der Waals surface area contributed by atoms with Crippen LogP contribution in [0.4, 0.5) is 52.7 Å². The quantitative estimate of drug-likeness (QED) is 0.107. The Kier molecular flexibility index (Phi) is 15.0. The molecular formula is C13H20F12N3O6P3. The van der Waals surface area contributed by atoms with Crippen molar-refractivity contribution in [2.45, 2.75) is 38.3 Å². The van der Waals surface area contributed by atoms with E-state index in [1.807, 2.05) is 0 Å². The van der Waals surface area contributed by atoms with E-state index in [9.17, 15) is 52.7 Å². The van der Waals surface area contributed by atoms with E-state index in [2.05, 4.69) is 31.6 Å². The van der Waals surface area contributed by atoms with Crippen LogP contribution in [0.25, 0.3) is 0 Å². The highest BCUT2D eigenvalue weighted by atomic mass is 31.3. The molecule has 0 bridgehead atoms. The number of hydrogen-bond acceptors (Lipinski definition) is 9. The molecule has 222 valence electrons. The van der Waals surface area contributed by atoms with Crippen LogP contribution in [-0.2, 0) is 27.1 Å². The molecule has 2 atom stereocenters. The van der Waals surface area contributed by atoms with Gasteiger partial charge in [-0.2, -0.15) is 0 Å². The van der Waals surface area contributed by atoms with E-state index in [1.54, 1.807) is 0 Å². The minimum absolute atomic E-state index is 1.42. The van der Waals surface area contributed by atoms with E-state index in [0.29, 0.717) is 0 Å². The summed E-state index contributed by atoms with van der Waals surface area (Å²) in [4.78, 5) is 0. The Morgan fingerprint density at radius 3 is 0.811 bits per heavy atom. The predicted molar refractivity (Wildman–Crippen MR) is 105 cm³/mol. The van der Waals surface area contributed by atoms with Gasteiger partial charge in [-0.3, -0.25) is 0 Å². The highest BCUT2D eigenvalue weighted by Gasteiger charge is 2.45. The largest absolute Gasteiger partial charge is 0.349 e. The fraction of sp³-hybridized carbons (Fsp3) is 1.00. The molecule has 24 heteroatoms. The maximum atomic E-state index is 13.6. The highest BCUT2D eigenvalue weighted by Crippen LogP contribution is 2.80. The van der Waals surface area contributed by atoms with E-state index < -0.39 is 108 Å². The number of hydrogen-bond donors (Lipinski definition) is 0. The van der Waals surface area contributed by atoms with Crippen LogP contribution in [0.5, 0.6) is 0 Å². The molecule has 0 saturated carbocycles. The molecule has 9 nitrogen and oxygen atoms in total. The second-order valence-electron chi connectivity index (χ2n) is 6.22. The first kappa shape index (κ1) is 34.6. The van der Waals surface area contributed by atoms with Crippen LogP contribution in [0.2, 0.25) is 0 Å². The van der Waals surface area contributed by atoms with Crippen molar-refractivity contribution in [1.29, 1.82) is 0 Å². The summed E-state index contributed by atoms with van der Waals surface area (Å²) in [5.41, 5.74) is 0. The summed E-state index contributed by atoms with van der Waals surface area (Å²) in [5.74, 6) is 0. The number of rotatable bonds is 19. The van der Waals surface area contributed by atoms with Gasteiger partial charge in [0.25, 0.3) is 32.1 Å². The Hall–Kier alpha value is -0.390. The predicted octanol–water partition coefficient (Wildman–Crippen LogP) is 7.57. The summed E-state index contributed by atoms with van der Waals surface area (Å²) in [5, 5.41) is 0. The second kappa shape index (κ2) is 16.0. The van der Waals surface area contributed by atoms with Crippen LogP contribution < -0.4 is 0 Å². The third kappa shape index (κ3) is 13.0. The van der Waals surface area contributed by atoms with Crippen molar-refractivity contribution < 1.29 is 79.8 Å². The summed E-state index contributed by atoms with van der Waals surface area (Å²) in [6.45, 7) is -11.8. The highest BCUT2D eigenvalue weighted by molar-refractivity contribution is 7.78. The van der Waals surface area contributed by atoms with Gasteiger partial charge < -0.3 is 27.1 Å². The van der Waals surface area contributed by atoms with E-state index in [1.165, 1.54) is 0 Å². The molecule has 0 aromatic heterocycles. The standard InChI is InChI=1S/C13H20F12N3O6P3/c14-1-8(15)2-29-35(30-3-9(16)17)26-36(31-4-10(18)19,32-5-11(20)21)28-37(27-35,33-6-12(22)23)34-7-13(24)25/h8-13H,1-7H2. The van der Waals surface area contributed by atoms with Crippen molar-refractivity contribution in [3.05, 3.63) is 0 Å². The van der Waals surface area contributed by atoms with Crippen LogP contribution in [0, 0.1) is 0 Å². The van der Waals surface area contributed by atoms with Gasteiger partial charge >= 0.3 is 23.0 Å². The average Bonchev–Trinajstić information content (AvgIpc) is 2.81. The molecule has 2 unspecified atom stereocenters. The van der Waals surface area contributed by atoms with Gasteiger partial charge in [-0.05, 0) is 0 Å². The number of halogens is 12. The summed E-state index contributed by atoms with van der Waals surface area (Å²) in [7, 11) is -15.4. The molecule has 0 spiro atoms. The molecule has 0 N–H and O–H groups in total. The van der Waals surface area contributed by atoms with Crippen molar-refractivity contribution in [3.63, 3.8) is 0 Å². The van der Waals surface area contributed by atoms with E-state index in [4.69, 9.17) is 9.05 Å². The molecule has 0 aliphatic carbocycles. The average molecular weight is 635 g/mol. The lowest BCUT2D eigenvalue weighted by molar-refractivity contribution is 0.0497. The van der Waals surface area contributed by atoms with Gasteiger partial charge in [0.1, 0.15) is 39.7 Å². The maximum absolute atomic E-state index is 13.6. The molecule has 1 aliphatic rings. The monoisotopic (exact) mass is 635 g/mol. The van der Waals surface area contributed by atoms with Gasteiger partial charge in [-0.15, -0.1) is 13.5 Å². The Balaban J connectivity index is 3.93. The molecule has 0 aromatic rings. The molecule has 0 saturated heterocycles. The first-order chi connectivity index (χ1) is 17.2. The summed E-state index contributed by atoms with van der Waals surface area (Å²) in [6.07, 6.45) is -19.5. The van der Waals surface area contributed by atoms with E-state index in [0.717, 1.165) is 0 Å². The zero-order chi connectivity index (χ0) is 28.3. The van der Waals surface area contributed by atoms with Gasteiger partial charge in [0.05, 0.1) is 6.61 Å². The Labute approximate surface area is 201 Å². The van der Waals surface area contributed by atoms with Crippen LogP contribution >= 0.6 is 23.0 Å². The van der Waals surface area contributed by atoms with Crippen LogP contribution in [-0.4, -0.2) is 84.6 Å². The van der Waals surface area contributed by atoms with Gasteiger partial charge in [-0.25, -0.2) is 52.7 Å². The zero-order valence-electron chi connectivity index (χ0n) is 18.1. The van der Waals surface area contributed by atoms with Crippen LogP contribution in [0.3, 0.4) is 0 Å². The SMILES string of the molecule is FCC(F)COP1(OCC(F)F)=NP(OCC(F)F)(OCC(F)F)=NP(OCC(F)F)(OCC(F)F)=N1. The smallest absolute Gasteiger partial charge is 0.303 e. The van der Waals surface area contributed by atoms with Gasteiger partial charge in [-0.1, -0.05) is 0 Å². The molecule has 0 fully saturated rings. The number of alkyl halides is 12. The molecule has 1 aliphatic heterocycles. The molecule has 1 heterocycles. The Bertz CT molecular complexity index is 796. The zero-order valence-corrected chi connectivity index (χ0v) is 20.8. The summed E-state index contributed by atoms with van der Waals surface area (Å²) in [6, 6.07) is 0. The van der Waals surface area contributed by atoms with E-state index >= 15 is 0 Å². The van der Waals surface area contributed by atoms with Crippen molar-refractivity contribution in [2.24, 2.45) is 13.5 Å². The fourth-order valence-electron chi connectivity index (χ4n) is 1.89. The van der Waals surface area contributed by atoms with Gasteiger partial charge in [0.2, 0.25) is 0 Å². The Morgan fingerprint density at radius 2 is 0.622 bits per heavy atom. The van der Waals surface area contributed by atoms with Crippen LogP contribution in [0.1, 0.15) is 0 Å². The minimum atomic E-state index is -5.15. The maximum Gasteiger partial charge on any atom is 0.349 e. The summed E-state index contributed by atoms with van der Waals surface area (Å²) < 4.78 is 194. The molecule has 0 amide bonds. The van der Waals surface area contributed by atoms with Gasteiger partial charge in [0, 0.05) is 0 Å². The topological polar surface area (TPSA) is 92.5 Å². The third-order valence-corrected chi connectivity index (χ3v) is 11.5. The molecular weight excluding hydrogens is 615 g/mol. The third-order valence-electron chi connectivity index (χ3n) is 3.11. The Morgan fingerprint density at radius 1 is 0.405 bits per heavy atom. The lowest BCUT2D eigenvalue weighted by Gasteiger charge is -2.33. The molecule has 37 heavy (non-hydrogen) atoms. The van der Waals surface area contributed by atoms with Crippen molar-refractivity contribution in [3.8, 4) is 0 Å². The minimum Gasteiger partial charge on any atom is -0.303 e. The molecule has 0 aromatic carbocycles. The van der Waals surface area contributed by atoms with Crippen molar-refractivity contribution >= 4 is 23.0 Å². The van der Waals surface area contributed by atoms with E-state index in [-0.39, 0.29) is 0 Å². The second-order valence-corrected chi connectivity index (χ2v) is 12.9. The van der Waals surface area contributed by atoms with Crippen LogP contribution in [0.15, 0.2) is 13.5 Å².